The van der Waals surface area contributed by atoms with Gasteiger partial charge in [0.05, 0.1) is 12.4 Å². The summed E-state index contributed by atoms with van der Waals surface area (Å²) in [6.45, 7) is 0. The van der Waals surface area contributed by atoms with E-state index >= 15 is 0 Å². The zero-order chi connectivity index (χ0) is 9.26. The first-order valence-corrected chi connectivity index (χ1v) is 3.93. The normalized spacial score (nSPS) is 10.3. The second kappa shape index (κ2) is 3.01. The van der Waals surface area contributed by atoms with Crippen LogP contribution in [0.15, 0.2) is 30.5 Å². The van der Waals surface area contributed by atoms with Crippen LogP contribution in [0.2, 0.25) is 0 Å². The SMILES string of the molecule is Cn1[c]c(-c2ccc(F)cc2)cn1. The highest BCUT2D eigenvalue weighted by Gasteiger charge is 2.00. The van der Waals surface area contributed by atoms with Gasteiger partial charge < -0.3 is 0 Å². The van der Waals surface area contributed by atoms with Crippen LogP contribution in [0.3, 0.4) is 0 Å². The molecular weight excluding hydrogens is 167 g/mol. The van der Waals surface area contributed by atoms with Gasteiger partial charge in [0.2, 0.25) is 0 Å². The van der Waals surface area contributed by atoms with Gasteiger partial charge in [-0.3, -0.25) is 4.68 Å². The number of nitrogens with zero attached hydrogens (tertiary/aromatic N) is 2. The quantitative estimate of drug-likeness (QED) is 0.648. The second-order valence-electron chi connectivity index (χ2n) is 2.80. The van der Waals surface area contributed by atoms with E-state index in [1.54, 1.807) is 30.1 Å². The van der Waals surface area contributed by atoms with E-state index in [0.29, 0.717) is 0 Å². The molecule has 65 valence electrons. The topological polar surface area (TPSA) is 17.8 Å². The minimum atomic E-state index is -0.229. The molecule has 2 rings (SSSR count). The van der Waals surface area contributed by atoms with Crippen molar-refractivity contribution in [2.24, 2.45) is 7.05 Å². The number of aryl methyl sites for hydroxylation is 1. The first kappa shape index (κ1) is 7.98. The molecule has 0 aliphatic rings. The Kier molecular flexibility index (Phi) is 1.85. The third-order valence-electron chi connectivity index (χ3n) is 1.80. The maximum absolute atomic E-state index is 12.6. The van der Waals surface area contributed by atoms with Crippen LogP contribution in [-0.4, -0.2) is 9.78 Å². The van der Waals surface area contributed by atoms with Gasteiger partial charge in [0.25, 0.3) is 0 Å². The lowest BCUT2D eigenvalue weighted by Crippen LogP contribution is -1.85. The fraction of sp³-hybridized carbons (Fsp3) is 0.100. The van der Waals surface area contributed by atoms with Gasteiger partial charge in [-0.1, -0.05) is 12.1 Å². The van der Waals surface area contributed by atoms with Gasteiger partial charge in [-0.05, 0) is 17.7 Å². The number of hydrogen-bond donors (Lipinski definition) is 0. The van der Waals surface area contributed by atoms with Crippen molar-refractivity contribution in [2.45, 2.75) is 0 Å². The van der Waals surface area contributed by atoms with Crippen molar-refractivity contribution < 1.29 is 4.39 Å². The predicted octanol–water partition coefficient (Wildman–Crippen LogP) is 2.03. The van der Waals surface area contributed by atoms with Gasteiger partial charge in [0.15, 0.2) is 0 Å². The molecule has 2 aromatic rings. The Balaban J connectivity index is 2.41. The number of benzene rings is 1. The van der Waals surface area contributed by atoms with Crippen LogP contribution in [0.4, 0.5) is 4.39 Å². The molecule has 2 nitrogen and oxygen atoms in total. The van der Waals surface area contributed by atoms with E-state index in [1.807, 2.05) is 0 Å². The number of hydrogen-bond acceptors (Lipinski definition) is 1. The summed E-state index contributed by atoms with van der Waals surface area (Å²) in [7, 11) is 1.80. The van der Waals surface area contributed by atoms with Crippen LogP contribution in [0.1, 0.15) is 0 Å². The fourth-order valence-electron chi connectivity index (χ4n) is 1.14. The van der Waals surface area contributed by atoms with Crippen LogP contribution in [-0.2, 0) is 7.05 Å². The molecule has 1 aromatic carbocycles. The van der Waals surface area contributed by atoms with Crippen molar-refractivity contribution >= 4 is 0 Å². The number of aromatic nitrogens is 2. The number of rotatable bonds is 1. The van der Waals surface area contributed by atoms with Crippen LogP contribution in [0, 0.1) is 12.0 Å². The molecule has 1 heterocycles. The van der Waals surface area contributed by atoms with Crippen LogP contribution in [0.25, 0.3) is 11.1 Å². The molecule has 0 bridgehead atoms. The molecule has 0 N–H and O–H groups in total. The lowest BCUT2D eigenvalue weighted by atomic mass is 10.1. The summed E-state index contributed by atoms with van der Waals surface area (Å²) in [4.78, 5) is 0. The summed E-state index contributed by atoms with van der Waals surface area (Å²) in [6, 6.07) is 6.28. The van der Waals surface area contributed by atoms with E-state index < -0.39 is 0 Å². The molecule has 13 heavy (non-hydrogen) atoms. The Morgan fingerprint density at radius 3 is 2.54 bits per heavy atom. The molecule has 1 radical (unpaired) electrons. The molecule has 0 fully saturated rings. The summed E-state index contributed by atoms with van der Waals surface area (Å²) in [5.41, 5.74) is 1.80. The maximum Gasteiger partial charge on any atom is 0.123 e. The Morgan fingerprint density at radius 2 is 2.00 bits per heavy atom. The number of halogens is 1. The molecule has 3 heteroatoms. The average molecular weight is 175 g/mol. The second-order valence-corrected chi connectivity index (χ2v) is 2.80. The Labute approximate surface area is 75.6 Å². The van der Waals surface area contributed by atoms with E-state index in [9.17, 15) is 4.39 Å². The van der Waals surface area contributed by atoms with Gasteiger partial charge in [-0.15, -0.1) is 0 Å². The predicted molar refractivity (Wildman–Crippen MR) is 47.4 cm³/mol. The monoisotopic (exact) mass is 175 g/mol. The molecule has 0 aliphatic heterocycles. The van der Waals surface area contributed by atoms with Gasteiger partial charge in [-0.25, -0.2) is 4.39 Å². The van der Waals surface area contributed by atoms with Crippen molar-refractivity contribution in [3.05, 3.63) is 42.5 Å². The minimum Gasteiger partial charge on any atom is -0.266 e. The molecule has 1 aromatic heterocycles. The summed E-state index contributed by atoms with van der Waals surface area (Å²) in [5.74, 6) is -0.229. The lowest BCUT2D eigenvalue weighted by molar-refractivity contribution is 0.628. The molecule has 0 amide bonds. The zero-order valence-corrected chi connectivity index (χ0v) is 7.16. The van der Waals surface area contributed by atoms with Gasteiger partial charge in [0.1, 0.15) is 5.82 Å². The smallest absolute Gasteiger partial charge is 0.123 e. The van der Waals surface area contributed by atoms with Crippen molar-refractivity contribution in [3.63, 3.8) is 0 Å². The third-order valence-corrected chi connectivity index (χ3v) is 1.80. The zero-order valence-electron chi connectivity index (χ0n) is 7.16. The van der Waals surface area contributed by atoms with Gasteiger partial charge in [0, 0.05) is 12.6 Å². The average Bonchev–Trinajstić information content (AvgIpc) is 2.53. The molecule has 0 atom stereocenters. The maximum atomic E-state index is 12.6. The highest BCUT2D eigenvalue weighted by atomic mass is 19.1. The summed E-state index contributed by atoms with van der Waals surface area (Å²) >= 11 is 0. The van der Waals surface area contributed by atoms with Crippen molar-refractivity contribution in [1.29, 1.82) is 0 Å². The van der Waals surface area contributed by atoms with Crippen LogP contribution in [0.5, 0.6) is 0 Å². The van der Waals surface area contributed by atoms with E-state index in [0.717, 1.165) is 11.1 Å². The molecule has 0 saturated carbocycles. The molecule has 0 aliphatic carbocycles. The molecule has 0 unspecified atom stereocenters. The van der Waals surface area contributed by atoms with Crippen LogP contribution < -0.4 is 0 Å². The van der Waals surface area contributed by atoms with Gasteiger partial charge >= 0.3 is 0 Å². The Bertz CT molecular complexity index is 403. The first-order chi connectivity index (χ1) is 6.25. The third kappa shape index (κ3) is 1.59. The standard InChI is InChI=1S/C10H8FN2/c1-13-7-9(6-12-13)8-2-4-10(11)5-3-8/h2-6H,1H3. The molecule has 0 spiro atoms. The van der Waals surface area contributed by atoms with E-state index in [-0.39, 0.29) is 5.82 Å². The van der Waals surface area contributed by atoms with Crippen molar-refractivity contribution in [1.82, 2.24) is 9.78 Å². The van der Waals surface area contributed by atoms with Crippen molar-refractivity contribution in [3.8, 4) is 11.1 Å². The largest absolute Gasteiger partial charge is 0.266 e. The van der Waals surface area contributed by atoms with E-state index in [4.69, 9.17) is 0 Å². The van der Waals surface area contributed by atoms with Crippen molar-refractivity contribution in [2.75, 3.05) is 0 Å². The highest BCUT2D eigenvalue weighted by molar-refractivity contribution is 5.60. The minimum absolute atomic E-state index is 0.229. The van der Waals surface area contributed by atoms with E-state index in [2.05, 4.69) is 11.3 Å². The molecule has 0 saturated heterocycles. The summed E-state index contributed by atoms with van der Waals surface area (Å²) in [6.07, 6.45) is 4.70. The fourth-order valence-corrected chi connectivity index (χ4v) is 1.14. The Hall–Kier alpha value is -1.64. The van der Waals surface area contributed by atoms with E-state index in [1.165, 1.54) is 12.1 Å². The Morgan fingerprint density at radius 1 is 1.31 bits per heavy atom. The highest BCUT2D eigenvalue weighted by Crippen LogP contribution is 2.17. The lowest BCUT2D eigenvalue weighted by Gasteiger charge is -1.94. The summed E-state index contributed by atoms with van der Waals surface area (Å²) in [5, 5.41) is 3.98. The van der Waals surface area contributed by atoms with Crippen LogP contribution >= 0.6 is 0 Å². The first-order valence-electron chi connectivity index (χ1n) is 3.93. The van der Waals surface area contributed by atoms with Gasteiger partial charge in [-0.2, -0.15) is 5.10 Å². The molecular formula is C10H8FN2. The summed E-state index contributed by atoms with van der Waals surface area (Å²) < 4.78 is 14.2.